The van der Waals surface area contributed by atoms with E-state index in [0.717, 1.165) is 30.4 Å². The van der Waals surface area contributed by atoms with Crippen molar-refractivity contribution >= 4 is 29.3 Å². The van der Waals surface area contributed by atoms with Crippen LogP contribution in [-0.4, -0.2) is 28.5 Å². The third-order valence-electron chi connectivity index (χ3n) is 2.56. The number of hydrogen-bond donors (Lipinski definition) is 2. The number of carbonyl (C=O) groups is 2. The third-order valence-corrected chi connectivity index (χ3v) is 3.55. The number of aromatic carboxylic acids is 1. The first-order valence-corrected chi connectivity index (χ1v) is 7.46. The first-order chi connectivity index (χ1) is 9.40. The number of thioether (sulfide) groups is 1. The molecule has 110 valence electrons. The zero-order chi connectivity index (χ0) is 15.1. The van der Waals surface area contributed by atoms with E-state index in [2.05, 4.69) is 19.2 Å². The van der Waals surface area contributed by atoms with E-state index in [1.807, 2.05) is 0 Å². The molecule has 20 heavy (non-hydrogen) atoms. The van der Waals surface area contributed by atoms with Gasteiger partial charge in [-0.3, -0.25) is 4.79 Å². The molecule has 2 N–H and O–H groups in total. The summed E-state index contributed by atoms with van der Waals surface area (Å²) in [6.45, 7) is 4.21. The molecular formula is C14H18FNO3S. The predicted octanol–water partition coefficient (Wildman–Crippen LogP) is 3.24. The van der Waals surface area contributed by atoms with Crippen LogP contribution in [0.3, 0.4) is 0 Å². The van der Waals surface area contributed by atoms with E-state index < -0.39 is 11.8 Å². The number of halogens is 1. The van der Waals surface area contributed by atoms with Crippen LogP contribution in [0.4, 0.5) is 10.1 Å². The monoisotopic (exact) mass is 299 g/mol. The number of hydrogen-bond acceptors (Lipinski definition) is 3. The molecule has 6 heteroatoms. The van der Waals surface area contributed by atoms with Gasteiger partial charge >= 0.3 is 5.97 Å². The lowest BCUT2D eigenvalue weighted by atomic mass is 10.2. The van der Waals surface area contributed by atoms with Gasteiger partial charge in [-0.25, -0.2) is 9.18 Å². The predicted molar refractivity (Wildman–Crippen MR) is 78.8 cm³/mol. The molecule has 1 amide bonds. The van der Waals surface area contributed by atoms with Crippen LogP contribution in [0.25, 0.3) is 0 Å². The van der Waals surface area contributed by atoms with Crippen molar-refractivity contribution in [3.63, 3.8) is 0 Å². The van der Waals surface area contributed by atoms with Crippen LogP contribution in [0.15, 0.2) is 18.2 Å². The summed E-state index contributed by atoms with van der Waals surface area (Å²) in [5.74, 6) is -0.468. The topological polar surface area (TPSA) is 66.4 Å². The van der Waals surface area contributed by atoms with Gasteiger partial charge in [0.25, 0.3) is 0 Å². The van der Waals surface area contributed by atoms with Crippen molar-refractivity contribution in [3.8, 4) is 0 Å². The van der Waals surface area contributed by atoms with Crippen molar-refractivity contribution in [1.82, 2.24) is 0 Å². The Bertz CT molecular complexity index is 491. The molecule has 0 saturated carbocycles. The number of benzene rings is 1. The molecule has 0 saturated heterocycles. The van der Waals surface area contributed by atoms with Crippen LogP contribution in [0.2, 0.25) is 0 Å². The molecule has 0 unspecified atom stereocenters. The summed E-state index contributed by atoms with van der Waals surface area (Å²) >= 11 is 1.47. The molecule has 0 heterocycles. The fourth-order valence-electron chi connectivity index (χ4n) is 1.42. The van der Waals surface area contributed by atoms with Gasteiger partial charge in [-0.1, -0.05) is 13.8 Å². The first kappa shape index (κ1) is 16.5. The van der Waals surface area contributed by atoms with Gasteiger partial charge in [0, 0.05) is 0 Å². The van der Waals surface area contributed by atoms with Crippen LogP contribution in [0.1, 0.15) is 30.6 Å². The summed E-state index contributed by atoms with van der Waals surface area (Å²) in [5, 5.41) is 11.2. The van der Waals surface area contributed by atoms with Crippen molar-refractivity contribution in [3.05, 3.63) is 29.6 Å². The van der Waals surface area contributed by atoms with E-state index in [1.54, 1.807) is 0 Å². The summed E-state index contributed by atoms with van der Waals surface area (Å²) in [4.78, 5) is 22.4. The quantitative estimate of drug-likeness (QED) is 0.759. The van der Waals surface area contributed by atoms with Crippen LogP contribution in [0.5, 0.6) is 0 Å². The van der Waals surface area contributed by atoms with Gasteiger partial charge in [0.15, 0.2) is 0 Å². The minimum absolute atomic E-state index is 0.0610. The van der Waals surface area contributed by atoms with Crippen LogP contribution in [0, 0.1) is 11.7 Å². The minimum atomic E-state index is -1.16. The van der Waals surface area contributed by atoms with Crippen molar-refractivity contribution in [2.45, 2.75) is 20.3 Å². The Morgan fingerprint density at radius 2 is 2.10 bits per heavy atom. The highest BCUT2D eigenvalue weighted by Crippen LogP contribution is 2.17. The van der Waals surface area contributed by atoms with E-state index in [-0.39, 0.29) is 22.9 Å². The van der Waals surface area contributed by atoms with Gasteiger partial charge in [-0.15, -0.1) is 0 Å². The number of carboxylic acids is 1. The van der Waals surface area contributed by atoms with Gasteiger partial charge in [-0.05, 0) is 36.3 Å². The van der Waals surface area contributed by atoms with Crippen molar-refractivity contribution in [2.24, 2.45) is 5.92 Å². The highest BCUT2D eigenvalue weighted by molar-refractivity contribution is 7.99. The summed E-state index contributed by atoms with van der Waals surface area (Å²) in [5.41, 5.74) is -0.159. The van der Waals surface area contributed by atoms with E-state index in [1.165, 1.54) is 11.8 Å². The van der Waals surface area contributed by atoms with Gasteiger partial charge in [0.1, 0.15) is 5.82 Å². The Morgan fingerprint density at radius 3 is 2.70 bits per heavy atom. The zero-order valence-corrected chi connectivity index (χ0v) is 12.3. The number of anilines is 1. The van der Waals surface area contributed by atoms with E-state index >= 15 is 0 Å². The SMILES string of the molecule is CC(C)CCSCC(=O)Nc1cc(C(=O)O)ccc1F. The Hall–Kier alpha value is -1.56. The minimum Gasteiger partial charge on any atom is -0.478 e. The number of nitrogens with one attached hydrogen (secondary N) is 1. The average molecular weight is 299 g/mol. The fraction of sp³-hybridized carbons (Fsp3) is 0.429. The Morgan fingerprint density at radius 1 is 1.40 bits per heavy atom. The lowest BCUT2D eigenvalue weighted by molar-refractivity contribution is -0.113. The molecule has 0 spiro atoms. The summed E-state index contributed by atoms with van der Waals surface area (Å²) in [6, 6.07) is 3.31. The van der Waals surface area contributed by atoms with Gasteiger partial charge in [0.2, 0.25) is 5.91 Å². The Balaban J connectivity index is 2.53. The van der Waals surface area contributed by atoms with Crippen LogP contribution < -0.4 is 5.32 Å². The molecule has 1 rings (SSSR count). The second-order valence-corrected chi connectivity index (χ2v) is 5.89. The molecule has 0 aliphatic carbocycles. The highest BCUT2D eigenvalue weighted by atomic mass is 32.2. The maximum atomic E-state index is 13.5. The number of carbonyl (C=O) groups excluding carboxylic acids is 1. The van der Waals surface area contributed by atoms with Crippen LogP contribution >= 0.6 is 11.8 Å². The highest BCUT2D eigenvalue weighted by Gasteiger charge is 2.11. The van der Waals surface area contributed by atoms with Gasteiger partial charge in [0.05, 0.1) is 17.0 Å². The molecule has 0 aliphatic heterocycles. The second kappa shape index (κ2) is 7.89. The molecule has 0 radical (unpaired) electrons. The average Bonchev–Trinajstić information content (AvgIpc) is 2.37. The summed E-state index contributed by atoms with van der Waals surface area (Å²) in [6.07, 6.45) is 1.01. The lowest BCUT2D eigenvalue weighted by Gasteiger charge is -2.08. The zero-order valence-electron chi connectivity index (χ0n) is 11.5. The number of amides is 1. The largest absolute Gasteiger partial charge is 0.478 e. The van der Waals surface area contributed by atoms with E-state index in [0.29, 0.717) is 5.92 Å². The molecule has 1 aromatic carbocycles. The first-order valence-electron chi connectivity index (χ1n) is 6.30. The fourth-order valence-corrected chi connectivity index (χ4v) is 2.46. The van der Waals surface area contributed by atoms with Crippen LogP contribution in [-0.2, 0) is 4.79 Å². The smallest absolute Gasteiger partial charge is 0.335 e. The molecule has 0 atom stereocenters. The van der Waals surface area contributed by atoms with Gasteiger partial charge < -0.3 is 10.4 Å². The van der Waals surface area contributed by atoms with Crippen molar-refractivity contribution in [1.29, 1.82) is 0 Å². The molecule has 0 fully saturated rings. The molecule has 0 aromatic heterocycles. The molecule has 4 nitrogen and oxygen atoms in total. The summed E-state index contributed by atoms with van der Waals surface area (Å²) < 4.78 is 13.5. The van der Waals surface area contributed by atoms with E-state index in [4.69, 9.17) is 5.11 Å². The lowest BCUT2D eigenvalue weighted by Crippen LogP contribution is -2.16. The Labute approximate surface area is 121 Å². The molecular weight excluding hydrogens is 281 g/mol. The van der Waals surface area contributed by atoms with Crippen molar-refractivity contribution in [2.75, 3.05) is 16.8 Å². The standard InChI is InChI=1S/C14H18FNO3S/c1-9(2)5-6-20-8-13(17)16-12-7-10(14(18)19)3-4-11(12)15/h3-4,7,9H,5-6,8H2,1-2H3,(H,16,17)(H,18,19). The normalized spacial score (nSPS) is 10.6. The maximum Gasteiger partial charge on any atom is 0.335 e. The maximum absolute atomic E-state index is 13.5. The summed E-state index contributed by atoms with van der Waals surface area (Å²) in [7, 11) is 0. The molecule has 0 bridgehead atoms. The second-order valence-electron chi connectivity index (χ2n) is 4.78. The third kappa shape index (κ3) is 5.61. The van der Waals surface area contributed by atoms with Gasteiger partial charge in [-0.2, -0.15) is 11.8 Å². The molecule has 0 aliphatic rings. The number of rotatable bonds is 7. The molecule has 1 aromatic rings. The number of carboxylic acid groups (broad SMARTS) is 1. The van der Waals surface area contributed by atoms with E-state index in [9.17, 15) is 14.0 Å². The Kier molecular flexibility index (Phi) is 6.51. The van der Waals surface area contributed by atoms with Crippen molar-refractivity contribution < 1.29 is 19.1 Å².